The number of aromatic nitrogens is 1. The monoisotopic (exact) mass is 311 g/mol. The molecule has 1 spiro atoms. The molecule has 0 saturated heterocycles. The average molecular weight is 311 g/mol. The summed E-state index contributed by atoms with van der Waals surface area (Å²) in [6.45, 7) is 7.68. The van der Waals surface area contributed by atoms with Crippen molar-refractivity contribution in [3.8, 4) is 0 Å². The van der Waals surface area contributed by atoms with Crippen molar-refractivity contribution in [2.45, 2.75) is 44.9 Å². The first-order valence-electron chi connectivity index (χ1n) is 9.30. The molecule has 5 unspecified atom stereocenters. The largest absolute Gasteiger partial charge is 0.255 e. The molecule has 1 heteroatoms. The highest BCUT2D eigenvalue weighted by molar-refractivity contribution is 6.07. The van der Waals surface area contributed by atoms with E-state index in [1.807, 2.05) is 0 Å². The van der Waals surface area contributed by atoms with E-state index in [0.29, 0.717) is 21.7 Å². The van der Waals surface area contributed by atoms with Gasteiger partial charge in [-0.1, -0.05) is 57.2 Å². The number of nitrogens with zero attached hydrogens (tertiary/aromatic N) is 1. The van der Waals surface area contributed by atoms with Gasteiger partial charge in [0, 0.05) is 22.4 Å². The second-order valence-corrected chi connectivity index (χ2v) is 9.51. The van der Waals surface area contributed by atoms with Gasteiger partial charge in [-0.15, -0.1) is 0 Å². The Bertz CT molecular complexity index is 1120. The van der Waals surface area contributed by atoms with Crippen molar-refractivity contribution in [2.75, 3.05) is 0 Å². The number of hydrogen-bond donors (Lipinski definition) is 0. The van der Waals surface area contributed by atoms with Crippen LogP contribution in [-0.4, -0.2) is 4.98 Å². The van der Waals surface area contributed by atoms with E-state index in [2.05, 4.69) is 63.4 Å². The Morgan fingerprint density at radius 3 is 2.58 bits per heavy atom. The fraction of sp³-hybridized carbons (Fsp3) is 0.435. The van der Waals surface area contributed by atoms with Gasteiger partial charge in [0.1, 0.15) is 0 Å². The number of hydrogen-bond acceptors (Lipinski definition) is 1. The summed E-state index contributed by atoms with van der Waals surface area (Å²) in [5.41, 5.74) is 6.54. The maximum Gasteiger partial charge on any atom is 0.0783 e. The van der Waals surface area contributed by atoms with Gasteiger partial charge in [-0.25, -0.2) is 0 Å². The molecule has 5 atom stereocenters. The van der Waals surface area contributed by atoms with Crippen molar-refractivity contribution >= 4 is 21.7 Å². The number of fused-ring (bicyclic) bond motifs is 8. The molecule has 7 rings (SSSR count). The Balaban J connectivity index is 1.63. The number of rotatable bonds is 0. The highest BCUT2D eigenvalue weighted by Gasteiger charge is 3.03. The van der Waals surface area contributed by atoms with Gasteiger partial charge in [-0.05, 0) is 51.5 Å². The van der Waals surface area contributed by atoms with Crippen molar-refractivity contribution in [1.82, 2.24) is 4.98 Å². The molecule has 3 saturated carbocycles. The molecular weight excluding hydrogens is 290 g/mol. The van der Waals surface area contributed by atoms with Gasteiger partial charge in [0.25, 0.3) is 0 Å². The van der Waals surface area contributed by atoms with Crippen LogP contribution in [0.2, 0.25) is 0 Å². The Morgan fingerprint density at radius 2 is 1.79 bits per heavy atom. The van der Waals surface area contributed by atoms with Crippen LogP contribution in [0.5, 0.6) is 0 Å². The van der Waals surface area contributed by atoms with E-state index in [4.69, 9.17) is 4.98 Å². The fourth-order valence-corrected chi connectivity index (χ4v) is 8.83. The lowest BCUT2D eigenvalue weighted by Crippen LogP contribution is -2.49. The van der Waals surface area contributed by atoms with Gasteiger partial charge in [0.05, 0.1) is 5.52 Å². The van der Waals surface area contributed by atoms with E-state index < -0.39 is 0 Å². The topological polar surface area (TPSA) is 12.9 Å². The minimum atomic E-state index is 0.373. The lowest BCUT2D eigenvalue weighted by molar-refractivity contribution is 0.0211. The van der Waals surface area contributed by atoms with Crippen LogP contribution in [0.25, 0.3) is 21.7 Å². The minimum Gasteiger partial charge on any atom is -0.255 e. The highest BCUT2D eigenvalue weighted by Crippen LogP contribution is 3.08. The van der Waals surface area contributed by atoms with Crippen LogP contribution in [0.3, 0.4) is 0 Å². The van der Waals surface area contributed by atoms with Crippen LogP contribution in [-0.2, 0) is 5.41 Å². The molecule has 1 aromatic heterocycles. The predicted octanol–water partition coefficient (Wildman–Crippen LogP) is 5.56. The lowest BCUT2D eigenvalue weighted by atomic mass is 9.50. The molecule has 1 nitrogen and oxygen atoms in total. The lowest BCUT2D eigenvalue weighted by Gasteiger charge is -2.52. The van der Waals surface area contributed by atoms with Crippen LogP contribution in [0.15, 0.2) is 42.6 Å². The molecule has 3 fully saturated rings. The smallest absolute Gasteiger partial charge is 0.0783 e. The van der Waals surface area contributed by atoms with Crippen molar-refractivity contribution < 1.29 is 0 Å². The van der Waals surface area contributed by atoms with E-state index in [1.54, 1.807) is 11.1 Å². The van der Waals surface area contributed by atoms with Crippen molar-refractivity contribution in [1.29, 1.82) is 0 Å². The van der Waals surface area contributed by atoms with E-state index >= 15 is 0 Å². The molecule has 24 heavy (non-hydrogen) atoms. The zero-order chi connectivity index (χ0) is 16.1. The maximum atomic E-state index is 4.98. The third kappa shape index (κ3) is 0.795. The molecule has 4 aliphatic carbocycles. The van der Waals surface area contributed by atoms with Crippen molar-refractivity contribution in [3.05, 3.63) is 53.7 Å². The Morgan fingerprint density at radius 1 is 0.958 bits per heavy atom. The average Bonchev–Trinajstić information content (AvgIpc) is 2.74. The Labute approximate surface area is 142 Å². The third-order valence-electron chi connectivity index (χ3n) is 9.33. The molecule has 3 aromatic rings. The molecule has 0 aliphatic heterocycles. The van der Waals surface area contributed by atoms with Crippen LogP contribution in [0.1, 0.15) is 50.7 Å². The summed E-state index contributed by atoms with van der Waals surface area (Å²) in [6, 6.07) is 13.3. The normalized spacial score (nSPS) is 46.0. The second kappa shape index (κ2) is 3.03. The first-order chi connectivity index (χ1) is 11.5. The Hall–Kier alpha value is -1.89. The van der Waals surface area contributed by atoms with Crippen molar-refractivity contribution in [3.63, 3.8) is 0 Å². The van der Waals surface area contributed by atoms with Gasteiger partial charge in [-0.3, -0.25) is 4.98 Å². The molecule has 1 heterocycles. The van der Waals surface area contributed by atoms with Gasteiger partial charge in [0.15, 0.2) is 0 Å². The first kappa shape index (κ1) is 12.5. The van der Waals surface area contributed by atoms with E-state index in [1.165, 1.54) is 34.5 Å². The molecule has 118 valence electrons. The van der Waals surface area contributed by atoms with Gasteiger partial charge in [-0.2, -0.15) is 0 Å². The maximum absolute atomic E-state index is 4.98. The van der Waals surface area contributed by atoms with Gasteiger partial charge < -0.3 is 0 Å². The zero-order valence-corrected chi connectivity index (χ0v) is 14.5. The van der Waals surface area contributed by atoms with E-state index in [-0.39, 0.29) is 0 Å². The standard InChI is InChI=1S/C23H21N/c1-20-12-22(3)21(2)10-17(23(20,21)22)16-11-24-19-14-7-5-4-6-13(14)8-9-15(19)18(16)20/h4-9,11,17H,10,12H2,1-3H3. The van der Waals surface area contributed by atoms with E-state index in [9.17, 15) is 0 Å². The Kier molecular flexibility index (Phi) is 1.57. The summed E-state index contributed by atoms with van der Waals surface area (Å²) >= 11 is 0. The van der Waals surface area contributed by atoms with Crippen LogP contribution < -0.4 is 0 Å². The van der Waals surface area contributed by atoms with Crippen molar-refractivity contribution in [2.24, 2.45) is 16.2 Å². The summed E-state index contributed by atoms with van der Waals surface area (Å²) in [7, 11) is 0. The summed E-state index contributed by atoms with van der Waals surface area (Å²) in [5, 5.41) is 4.03. The first-order valence-corrected chi connectivity index (χ1v) is 9.30. The summed E-state index contributed by atoms with van der Waals surface area (Å²) in [5.74, 6) is 0.768. The quantitative estimate of drug-likeness (QED) is 0.495. The zero-order valence-electron chi connectivity index (χ0n) is 14.5. The van der Waals surface area contributed by atoms with Crippen LogP contribution >= 0.6 is 0 Å². The van der Waals surface area contributed by atoms with Gasteiger partial charge in [0.2, 0.25) is 0 Å². The molecule has 2 aromatic carbocycles. The van der Waals surface area contributed by atoms with Crippen LogP contribution in [0.4, 0.5) is 0 Å². The highest BCUT2D eigenvalue weighted by atomic mass is 15.1. The second-order valence-electron chi connectivity index (χ2n) is 9.51. The summed E-state index contributed by atoms with van der Waals surface area (Å²) in [4.78, 5) is 4.98. The minimum absolute atomic E-state index is 0.373. The molecule has 0 radical (unpaired) electrons. The van der Waals surface area contributed by atoms with Crippen LogP contribution in [0, 0.1) is 16.2 Å². The van der Waals surface area contributed by atoms with E-state index in [0.717, 1.165) is 5.92 Å². The number of pyridine rings is 1. The predicted molar refractivity (Wildman–Crippen MR) is 97.2 cm³/mol. The molecule has 0 bridgehead atoms. The third-order valence-corrected chi connectivity index (χ3v) is 9.33. The molecule has 0 amide bonds. The summed E-state index contributed by atoms with van der Waals surface area (Å²) < 4.78 is 0. The molecule has 4 aliphatic rings. The summed E-state index contributed by atoms with van der Waals surface area (Å²) in [6.07, 6.45) is 4.99. The molecule has 0 N–H and O–H groups in total. The SMILES string of the molecule is CC12CC3(C)C4(C)CC(c5cnc6c(ccc7ccccc76)c51)C243. The fourth-order valence-electron chi connectivity index (χ4n) is 8.83. The number of benzene rings is 2. The molecular formula is C23H21N. The van der Waals surface area contributed by atoms with Gasteiger partial charge >= 0.3 is 0 Å².